The summed E-state index contributed by atoms with van der Waals surface area (Å²) in [5.41, 5.74) is 2.91. The molecule has 1 N–H and O–H groups in total. The van der Waals surface area contributed by atoms with E-state index in [1.54, 1.807) is 29.4 Å². The molecule has 0 aliphatic carbocycles. The Labute approximate surface area is 157 Å². The first-order valence-electron chi connectivity index (χ1n) is 9.24. The third kappa shape index (κ3) is 3.69. The van der Waals surface area contributed by atoms with Crippen molar-refractivity contribution in [1.29, 1.82) is 0 Å². The summed E-state index contributed by atoms with van der Waals surface area (Å²) in [5.74, 6) is 0.152. The third-order valence-electron chi connectivity index (χ3n) is 5.13. The van der Waals surface area contributed by atoms with Crippen molar-refractivity contribution >= 4 is 22.7 Å². The van der Waals surface area contributed by atoms with Gasteiger partial charge < -0.3 is 14.8 Å². The zero-order valence-corrected chi connectivity index (χ0v) is 15.1. The summed E-state index contributed by atoms with van der Waals surface area (Å²) in [6, 6.07) is 11.6. The number of rotatable bonds is 4. The van der Waals surface area contributed by atoms with Crippen LogP contribution < -0.4 is 0 Å². The standard InChI is InChI=1S/C21H22N4O2/c26-20(6-5-17-15-23-19-4-2-1-3-18(17)19)24-11-13-25(14-12-24)21(27)16-7-9-22-10-8-16/h1-4,7-10,15,23H,5-6,11-14H2. The lowest BCUT2D eigenvalue weighted by Crippen LogP contribution is -2.50. The lowest BCUT2D eigenvalue weighted by Gasteiger charge is -2.35. The maximum absolute atomic E-state index is 12.6. The second-order valence-electron chi connectivity index (χ2n) is 6.77. The average molecular weight is 362 g/mol. The van der Waals surface area contributed by atoms with Gasteiger partial charge in [0.15, 0.2) is 0 Å². The van der Waals surface area contributed by atoms with E-state index in [4.69, 9.17) is 0 Å². The number of para-hydroxylation sites is 1. The van der Waals surface area contributed by atoms with E-state index in [2.05, 4.69) is 16.0 Å². The second kappa shape index (κ2) is 7.61. The van der Waals surface area contributed by atoms with Crippen LogP contribution in [0.25, 0.3) is 10.9 Å². The van der Waals surface area contributed by atoms with E-state index < -0.39 is 0 Å². The number of carbonyl (C=O) groups is 2. The summed E-state index contributed by atoms with van der Waals surface area (Å²) in [5, 5.41) is 1.18. The molecule has 1 aliphatic rings. The van der Waals surface area contributed by atoms with Gasteiger partial charge in [-0.25, -0.2) is 0 Å². The summed E-state index contributed by atoms with van der Waals surface area (Å²) in [4.78, 5) is 35.9. The molecule has 1 aliphatic heterocycles. The fourth-order valence-corrected chi connectivity index (χ4v) is 3.57. The maximum atomic E-state index is 12.6. The Balaban J connectivity index is 1.30. The molecule has 2 aromatic heterocycles. The van der Waals surface area contributed by atoms with Gasteiger partial charge in [0.2, 0.25) is 5.91 Å². The van der Waals surface area contributed by atoms with E-state index in [1.165, 1.54) is 10.9 Å². The summed E-state index contributed by atoms with van der Waals surface area (Å²) in [6.07, 6.45) is 6.44. The van der Waals surface area contributed by atoms with Gasteiger partial charge in [-0.15, -0.1) is 0 Å². The first-order chi connectivity index (χ1) is 13.2. The molecule has 4 rings (SSSR count). The second-order valence-corrected chi connectivity index (χ2v) is 6.77. The van der Waals surface area contributed by atoms with E-state index in [1.807, 2.05) is 29.3 Å². The lowest BCUT2D eigenvalue weighted by molar-refractivity contribution is -0.132. The molecular formula is C21H22N4O2. The van der Waals surface area contributed by atoms with Gasteiger partial charge in [0.1, 0.15) is 0 Å². The Morgan fingerprint density at radius 2 is 1.67 bits per heavy atom. The number of hydrogen-bond acceptors (Lipinski definition) is 3. The summed E-state index contributed by atoms with van der Waals surface area (Å²) >= 11 is 0. The van der Waals surface area contributed by atoms with Gasteiger partial charge in [-0.2, -0.15) is 0 Å². The van der Waals surface area contributed by atoms with Gasteiger partial charge in [0, 0.05) is 67.7 Å². The highest BCUT2D eigenvalue weighted by Gasteiger charge is 2.24. The minimum Gasteiger partial charge on any atom is -0.361 e. The fourth-order valence-electron chi connectivity index (χ4n) is 3.57. The van der Waals surface area contributed by atoms with Crippen LogP contribution in [0.2, 0.25) is 0 Å². The van der Waals surface area contributed by atoms with Crippen molar-refractivity contribution in [2.24, 2.45) is 0 Å². The minimum absolute atomic E-state index is 0.00305. The van der Waals surface area contributed by atoms with E-state index in [0.29, 0.717) is 38.2 Å². The monoisotopic (exact) mass is 362 g/mol. The van der Waals surface area contributed by atoms with Crippen molar-refractivity contribution in [3.05, 3.63) is 66.1 Å². The van der Waals surface area contributed by atoms with Gasteiger partial charge in [-0.3, -0.25) is 14.6 Å². The van der Waals surface area contributed by atoms with E-state index in [9.17, 15) is 9.59 Å². The van der Waals surface area contributed by atoms with Crippen LogP contribution in [0.4, 0.5) is 0 Å². The average Bonchev–Trinajstić information content (AvgIpc) is 3.15. The van der Waals surface area contributed by atoms with Crippen LogP contribution in [0.15, 0.2) is 55.0 Å². The molecule has 3 aromatic rings. The van der Waals surface area contributed by atoms with Gasteiger partial charge in [0.05, 0.1) is 0 Å². The smallest absolute Gasteiger partial charge is 0.254 e. The van der Waals surface area contributed by atoms with Crippen molar-refractivity contribution in [1.82, 2.24) is 19.8 Å². The molecule has 0 atom stereocenters. The molecule has 0 saturated carbocycles. The minimum atomic E-state index is 0.00305. The fraction of sp³-hybridized carbons (Fsp3) is 0.286. The van der Waals surface area contributed by atoms with Crippen LogP contribution >= 0.6 is 0 Å². The molecule has 2 amide bonds. The van der Waals surface area contributed by atoms with Crippen molar-refractivity contribution in [3.63, 3.8) is 0 Å². The number of hydrogen-bond donors (Lipinski definition) is 1. The quantitative estimate of drug-likeness (QED) is 0.775. The van der Waals surface area contributed by atoms with Gasteiger partial charge in [0.25, 0.3) is 5.91 Å². The number of aromatic amines is 1. The van der Waals surface area contributed by atoms with Crippen LogP contribution in [0.5, 0.6) is 0 Å². The molecule has 0 radical (unpaired) electrons. The van der Waals surface area contributed by atoms with Gasteiger partial charge in [-0.05, 0) is 30.2 Å². The Hall–Kier alpha value is -3.15. The molecule has 3 heterocycles. The Morgan fingerprint density at radius 3 is 2.44 bits per heavy atom. The number of amides is 2. The maximum Gasteiger partial charge on any atom is 0.254 e. The molecule has 0 unspecified atom stereocenters. The van der Waals surface area contributed by atoms with Crippen LogP contribution in [-0.4, -0.2) is 57.8 Å². The Bertz CT molecular complexity index is 943. The number of aromatic nitrogens is 2. The van der Waals surface area contributed by atoms with Crippen LogP contribution in [0.3, 0.4) is 0 Å². The van der Waals surface area contributed by atoms with Crippen molar-refractivity contribution < 1.29 is 9.59 Å². The Morgan fingerprint density at radius 1 is 0.963 bits per heavy atom. The van der Waals surface area contributed by atoms with E-state index in [0.717, 1.165) is 11.9 Å². The number of benzene rings is 1. The highest BCUT2D eigenvalue weighted by Crippen LogP contribution is 2.19. The van der Waals surface area contributed by atoms with Crippen LogP contribution in [0.1, 0.15) is 22.3 Å². The highest BCUT2D eigenvalue weighted by atomic mass is 16.2. The molecule has 0 spiro atoms. The summed E-state index contributed by atoms with van der Waals surface area (Å²) in [6.45, 7) is 2.31. The van der Waals surface area contributed by atoms with Crippen LogP contribution in [0, 0.1) is 0 Å². The molecule has 6 nitrogen and oxygen atoms in total. The third-order valence-corrected chi connectivity index (χ3v) is 5.13. The summed E-state index contributed by atoms with van der Waals surface area (Å²) < 4.78 is 0. The number of H-pyrrole nitrogens is 1. The predicted octanol–water partition coefficient (Wildman–Crippen LogP) is 2.48. The first-order valence-corrected chi connectivity index (χ1v) is 9.24. The lowest BCUT2D eigenvalue weighted by atomic mass is 10.1. The van der Waals surface area contributed by atoms with E-state index in [-0.39, 0.29) is 11.8 Å². The Kier molecular flexibility index (Phi) is 4.87. The molecule has 1 saturated heterocycles. The molecule has 0 bridgehead atoms. The zero-order valence-electron chi connectivity index (χ0n) is 15.1. The van der Waals surface area contributed by atoms with Crippen molar-refractivity contribution in [2.75, 3.05) is 26.2 Å². The molecular weight excluding hydrogens is 340 g/mol. The summed E-state index contributed by atoms with van der Waals surface area (Å²) in [7, 11) is 0. The van der Waals surface area contributed by atoms with Gasteiger partial charge in [-0.1, -0.05) is 18.2 Å². The molecule has 1 fully saturated rings. The molecule has 138 valence electrons. The number of piperazine rings is 1. The first kappa shape index (κ1) is 17.3. The number of nitrogens with zero attached hydrogens (tertiary/aromatic N) is 3. The SMILES string of the molecule is O=C(CCc1c[nH]c2ccccc12)N1CCN(C(=O)c2ccncc2)CC1. The van der Waals surface area contributed by atoms with Crippen molar-refractivity contribution in [3.8, 4) is 0 Å². The molecule has 27 heavy (non-hydrogen) atoms. The predicted molar refractivity (Wildman–Crippen MR) is 103 cm³/mol. The normalized spacial score (nSPS) is 14.5. The number of fused-ring (bicyclic) bond motifs is 1. The molecule has 1 aromatic carbocycles. The topological polar surface area (TPSA) is 69.3 Å². The largest absolute Gasteiger partial charge is 0.361 e. The number of carbonyl (C=O) groups excluding carboxylic acids is 2. The van der Waals surface area contributed by atoms with Crippen LogP contribution in [-0.2, 0) is 11.2 Å². The van der Waals surface area contributed by atoms with Crippen molar-refractivity contribution in [2.45, 2.75) is 12.8 Å². The van der Waals surface area contributed by atoms with E-state index >= 15 is 0 Å². The highest BCUT2D eigenvalue weighted by molar-refractivity contribution is 5.94. The van der Waals surface area contributed by atoms with Gasteiger partial charge >= 0.3 is 0 Å². The number of aryl methyl sites for hydroxylation is 1. The number of pyridine rings is 1. The number of nitrogens with one attached hydrogen (secondary N) is 1. The zero-order chi connectivity index (χ0) is 18.6. The molecule has 6 heteroatoms.